The van der Waals surface area contributed by atoms with E-state index in [-0.39, 0.29) is 0 Å². The lowest BCUT2D eigenvalue weighted by atomic mass is 10.1. The van der Waals surface area contributed by atoms with Gasteiger partial charge in [-0.3, -0.25) is 0 Å². The van der Waals surface area contributed by atoms with Crippen molar-refractivity contribution < 1.29 is 9.15 Å². The van der Waals surface area contributed by atoms with Gasteiger partial charge >= 0.3 is 0 Å². The molecular formula is C16H22N2O2. The minimum atomic E-state index is 0.416. The number of nitrogens with zero attached hydrogens (tertiary/aromatic N) is 1. The molecule has 108 valence electrons. The van der Waals surface area contributed by atoms with Gasteiger partial charge in [0.25, 0.3) is 0 Å². The van der Waals surface area contributed by atoms with Crippen molar-refractivity contribution in [3.05, 3.63) is 36.4 Å². The summed E-state index contributed by atoms with van der Waals surface area (Å²) in [5, 5.41) is 3.35. The Morgan fingerprint density at radius 3 is 2.95 bits per heavy atom. The van der Waals surface area contributed by atoms with E-state index in [2.05, 4.69) is 31.1 Å². The van der Waals surface area contributed by atoms with Crippen LogP contribution < -0.4 is 10.1 Å². The molecule has 4 nitrogen and oxygen atoms in total. The van der Waals surface area contributed by atoms with Crippen molar-refractivity contribution in [2.75, 3.05) is 6.61 Å². The van der Waals surface area contributed by atoms with Gasteiger partial charge in [-0.15, -0.1) is 0 Å². The molecule has 4 heteroatoms. The van der Waals surface area contributed by atoms with Crippen LogP contribution >= 0.6 is 0 Å². The lowest BCUT2D eigenvalue weighted by molar-refractivity contribution is 0.317. The van der Waals surface area contributed by atoms with Crippen molar-refractivity contribution >= 4 is 0 Å². The van der Waals surface area contributed by atoms with Crippen LogP contribution in [0.25, 0.3) is 11.3 Å². The van der Waals surface area contributed by atoms with Crippen LogP contribution in [-0.2, 0) is 6.54 Å². The molecule has 0 amide bonds. The number of nitrogens with one attached hydrogen (secondary N) is 1. The SMILES string of the molecule is CCCOc1cccc(-c2ocnc2CNC(C)C)c1. The van der Waals surface area contributed by atoms with E-state index < -0.39 is 0 Å². The Kier molecular flexibility index (Phi) is 5.18. The summed E-state index contributed by atoms with van der Waals surface area (Å²) in [6.45, 7) is 7.74. The van der Waals surface area contributed by atoms with Crippen LogP contribution in [0.3, 0.4) is 0 Å². The predicted octanol–water partition coefficient (Wildman–Crippen LogP) is 3.63. The fourth-order valence-corrected chi connectivity index (χ4v) is 1.88. The van der Waals surface area contributed by atoms with Gasteiger partial charge in [0.1, 0.15) is 11.4 Å². The second kappa shape index (κ2) is 7.10. The summed E-state index contributed by atoms with van der Waals surface area (Å²) in [6, 6.07) is 8.36. The van der Waals surface area contributed by atoms with E-state index in [1.54, 1.807) is 0 Å². The van der Waals surface area contributed by atoms with Crippen LogP contribution in [0.2, 0.25) is 0 Å². The molecule has 1 heterocycles. The Morgan fingerprint density at radius 2 is 2.20 bits per heavy atom. The Hall–Kier alpha value is -1.81. The summed E-state index contributed by atoms with van der Waals surface area (Å²) in [5.41, 5.74) is 1.92. The largest absolute Gasteiger partial charge is 0.494 e. The highest BCUT2D eigenvalue weighted by atomic mass is 16.5. The third kappa shape index (κ3) is 3.84. The number of rotatable bonds is 7. The second-order valence-corrected chi connectivity index (χ2v) is 5.04. The van der Waals surface area contributed by atoms with E-state index in [0.717, 1.165) is 35.8 Å². The van der Waals surface area contributed by atoms with Gasteiger partial charge in [-0.25, -0.2) is 4.98 Å². The van der Waals surface area contributed by atoms with Crippen LogP contribution in [0.4, 0.5) is 0 Å². The van der Waals surface area contributed by atoms with Crippen LogP contribution in [0, 0.1) is 0 Å². The van der Waals surface area contributed by atoms with Crippen LogP contribution in [0.5, 0.6) is 5.75 Å². The zero-order valence-electron chi connectivity index (χ0n) is 12.3. The van der Waals surface area contributed by atoms with E-state index >= 15 is 0 Å². The van der Waals surface area contributed by atoms with Gasteiger partial charge in [-0.1, -0.05) is 32.9 Å². The van der Waals surface area contributed by atoms with Crippen molar-refractivity contribution in [1.29, 1.82) is 0 Å². The predicted molar refractivity (Wildman–Crippen MR) is 79.7 cm³/mol. The molecule has 20 heavy (non-hydrogen) atoms. The Morgan fingerprint density at radius 1 is 1.35 bits per heavy atom. The second-order valence-electron chi connectivity index (χ2n) is 5.04. The van der Waals surface area contributed by atoms with Gasteiger partial charge in [0, 0.05) is 18.2 Å². The maximum atomic E-state index is 5.65. The topological polar surface area (TPSA) is 47.3 Å². The number of hydrogen-bond acceptors (Lipinski definition) is 4. The van der Waals surface area contributed by atoms with E-state index in [1.165, 1.54) is 6.39 Å². The maximum Gasteiger partial charge on any atom is 0.181 e. The van der Waals surface area contributed by atoms with E-state index in [0.29, 0.717) is 12.6 Å². The van der Waals surface area contributed by atoms with Gasteiger partial charge < -0.3 is 14.5 Å². The van der Waals surface area contributed by atoms with Crippen LogP contribution in [0.15, 0.2) is 35.1 Å². The van der Waals surface area contributed by atoms with E-state index in [9.17, 15) is 0 Å². The molecule has 0 atom stereocenters. The Labute approximate surface area is 120 Å². The number of ether oxygens (including phenoxy) is 1. The van der Waals surface area contributed by atoms with Gasteiger partial charge in [-0.2, -0.15) is 0 Å². The fraction of sp³-hybridized carbons (Fsp3) is 0.438. The first kappa shape index (κ1) is 14.6. The number of benzene rings is 1. The molecule has 0 radical (unpaired) electrons. The molecule has 0 fully saturated rings. The smallest absolute Gasteiger partial charge is 0.181 e. The normalized spacial score (nSPS) is 11.0. The molecule has 1 aromatic heterocycles. The first-order chi connectivity index (χ1) is 9.70. The van der Waals surface area contributed by atoms with Crippen molar-refractivity contribution in [2.45, 2.75) is 39.8 Å². The van der Waals surface area contributed by atoms with Gasteiger partial charge in [0.05, 0.1) is 6.61 Å². The number of aromatic nitrogens is 1. The minimum Gasteiger partial charge on any atom is -0.494 e. The zero-order valence-corrected chi connectivity index (χ0v) is 12.3. The van der Waals surface area contributed by atoms with Crippen molar-refractivity contribution in [3.63, 3.8) is 0 Å². The molecular weight excluding hydrogens is 252 g/mol. The average molecular weight is 274 g/mol. The van der Waals surface area contributed by atoms with Crippen molar-refractivity contribution in [1.82, 2.24) is 10.3 Å². The summed E-state index contributed by atoms with van der Waals surface area (Å²) >= 11 is 0. The third-order valence-electron chi connectivity index (χ3n) is 2.89. The van der Waals surface area contributed by atoms with Crippen molar-refractivity contribution in [3.8, 4) is 17.1 Å². The maximum absolute atomic E-state index is 5.65. The number of hydrogen-bond donors (Lipinski definition) is 1. The summed E-state index contributed by atoms with van der Waals surface area (Å²) < 4.78 is 11.2. The molecule has 2 rings (SSSR count). The fourth-order valence-electron chi connectivity index (χ4n) is 1.88. The van der Waals surface area contributed by atoms with Gasteiger partial charge in [-0.05, 0) is 18.6 Å². The summed E-state index contributed by atoms with van der Waals surface area (Å²) in [6.07, 6.45) is 2.49. The van der Waals surface area contributed by atoms with Gasteiger partial charge in [0.15, 0.2) is 12.2 Å². The molecule has 0 aliphatic heterocycles. The molecule has 0 aliphatic rings. The zero-order chi connectivity index (χ0) is 14.4. The van der Waals surface area contributed by atoms with Crippen LogP contribution in [0.1, 0.15) is 32.9 Å². The standard InChI is InChI=1S/C16H22N2O2/c1-4-8-19-14-7-5-6-13(9-14)16-15(18-11-20-16)10-17-12(2)3/h5-7,9,11-12,17H,4,8,10H2,1-3H3. The molecule has 0 spiro atoms. The molecule has 0 aliphatic carbocycles. The summed E-state index contributed by atoms with van der Waals surface area (Å²) in [5.74, 6) is 1.67. The highest BCUT2D eigenvalue weighted by Crippen LogP contribution is 2.26. The van der Waals surface area contributed by atoms with E-state index in [1.807, 2.05) is 24.3 Å². The Balaban J connectivity index is 2.16. The van der Waals surface area contributed by atoms with Crippen LogP contribution in [-0.4, -0.2) is 17.6 Å². The third-order valence-corrected chi connectivity index (χ3v) is 2.89. The molecule has 0 unspecified atom stereocenters. The molecule has 0 saturated carbocycles. The molecule has 2 aromatic rings. The minimum absolute atomic E-state index is 0.416. The van der Waals surface area contributed by atoms with Gasteiger partial charge in [0.2, 0.25) is 0 Å². The molecule has 1 N–H and O–H groups in total. The van der Waals surface area contributed by atoms with Crippen molar-refractivity contribution in [2.24, 2.45) is 0 Å². The average Bonchev–Trinajstić information content (AvgIpc) is 2.91. The molecule has 1 aromatic carbocycles. The molecule has 0 saturated heterocycles. The first-order valence-electron chi connectivity index (χ1n) is 7.09. The number of oxazole rings is 1. The highest BCUT2D eigenvalue weighted by molar-refractivity contribution is 5.61. The summed E-state index contributed by atoms with van der Waals surface area (Å²) in [4.78, 5) is 4.29. The first-order valence-corrected chi connectivity index (χ1v) is 7.09. The van der Waals surface area contributed by atoms with E-state index in [4.69, 9.17) is 9.15 Å². The highest BCUT2D eigenvalue weighted by Gasteiger charge is 2.11. The summed E-state index contributed by atoms with van der Waals surface area (Å²) in [7, 11) is 0. The lowest BCUT2D eigenvalue weighted by Crippen LogP contribution is -2.22. The Bertz CT molecular complexity index is 535. The monoisotopic (exact) mass is 274 g/mol. The lowest BCUT2D eigenvalue weighted by Gasteiger charge is -2.08. The molecule has 0 bridgehead atoms. The quantitative estimate of drug-likeness (QED) is 0.837.